The molecule has 0 bridgehead atoms. The van der Waals surface area contributed by atoms with E-state index in [9.17, 15) is 34.8 Å². The number of allylic oxidation sites excluding steroid dienone is 6. The molecule has 13 heteroatoms. The second kappa shape index (κ2) is 12.2. The summed E-state index contributed by atoms with van der Waals surface area (Å²) in [5.74, 6) is -3.31. The van der Waals surface area contributed by atoms with Crippen LogP contribution in [0.25, 0.3) is 0 Å². The number of fused-ring (bicyclic) bond motifs is 6. The van der Waals surface area contributed by atoms with E-state index in [2.05, 4.69) is 0 Å². The number of aliphatic hydroxyl groups is 2. The predicted octanol–water partition coefficient (Wildman–Crippen LogP) is 2.53. The summed E-state index contributed by atoms with van der Waals surface area (Å²) in [5, 5.41) is 46.0. The third kappa shape index (κ3) is 5.79. The predicted molar refractivity (Wildman–Crippen MR) is 171 cm³/mol. The van der Waals surface area contributed by atoms with Gasteiger partial charge in [-0.3, -0.25) is 19.3 Å². The summed E-state index contributed by atoms with van der Waals surface area (Å²) >= 11 is 0. The van der Waals surface area contributed by atoms with Gasteiger partial charge >= 0.3 is 0 Å². The summed E-state index contributed by atoms with van der Waals surface area (Å²) in [6.45, 7) is 9.34. The SMILES string of the molecule is CC1C=CC=C2C(=O)c3c(O)c4c(c(O)c3C(=O)C2=C1)C(OC1CC2C(OC3C(O)OCCN23)C(C)O1)CC(O)(C(=O)COC(C)(C)C)C4. The van der Waals surface area contributed by atoms with Gasteiger partial charge in [-0.25, -0.2) is 0 Å². The van der Waals surface area contributed by atoms with Gasteiger partial charge < -0.3 is 44.1 Å². The Labute approximate surface area is 283 Å². The second-order valence-corrected chi connectivity index (χ2v) is 14.8. The molecule has 9 unspecified atom stereocenters. The first-order valence-corrected chi connectivity index (χ1v) is 16.8. The molecule has 3 aliphatic carbocycles. The third-order valence-electron chi connectivity index (χ3n) is 10.3. The van der Waals surface area contributed by atoms with Gasteiger partial charge in [0.05, 0.1) is 35.5 Å². The van der Waals surface area contributed by atoms with Crippen molar-refractivity contribution in [2.24, 2.45) is 5.92 Å². The molecule has 13 nitrogen and oxygen atoms in total. The topological polar surface area (TPSA) is 182 Å². The van der Waals surface area contributed by atoms with Crippen LogP contribution in [0.2, 0.25) is 0 Å². The number of phenols is 2. The Morgan fingerprint density at radius 2 is 1.80 bits per heavy atom. The number of ether oxygens (including phenoxy) is 5. The van der Waals surface area contributed by atoms with Gasteiger partial charge in [-0.1, -0.05) is 31.2 Å². The van der Waals surface area contributed by atoms with Crippen molar-refractivity contribution in [1.82, 2.24) is 4.90 Å². The van der Waals surface area contributed by atoms with Gasteiger partial charge in [0.1, 0.15) is 29.8 Å². The van der Waals surface area contributed by atoms with E-state index in [-0.39, 0.29) is 58.2 Å². The first-order valence-electron chi connectivity index (χ1n) is 16.8. The van der Waals surface area contributed by atoms with Crippen LogP contribution >= 0.6 is 0 Å². The van der Waals surface area contributed by atoms with Crippen molar-refractivity contribution in [3.05, 3.63) is 57.7 Å². The summed E-state index contributed by atoms with van der Waals surface area (Å²) in [6, 6.07) is -0.228. The highest BCUT2D eigenvalue weighted by atomic mass is 16.7. The standard InChI is InChI=1S/C36H43NO12/c1-16-7-6-8-18-19(11-16)29(40)27-26(28(18)39)30(41)20-13-36(44,23(38)15-46-35(3,4)5)14-22(25(20)31(27)42)48-24-12-21-32(17(2)47-24)49-33-34(43)45-10-9-37(21)33/h6-8,11,16-17,21-22,24,32-34,41-44H,9-10,12-15H2,1-5H3. The lowest BCUT2D eigenvalue weighted by atomic mass is 9.71. The molecule has 49 heavy (non-hydrogen) atoms. The van der Waals surface area contributed by atoms with Crippen molar-refractivity contribution < 1.29 is 58.5 Å². The Morgan fingerprint density at radius 1 is 1.08 bits per heavy atom. The van der Waals surface area contributed by atoms with E-state index in [1.807, 2.05) is 24.8 Å². The normalized spacial score (nSPS) is 35.7. The number of carbonyl (C=O) groups excluding carboxylic acids is 3. The smallest absolute Gasteiger partial charge is 0.198 e. The number of hydrogen-bond donors (Lipinski definition) is 4. The first-order chi connectivity index (χ1) is 23.1. The molecule has 6 aliphatic rings. The van der Waals surface area contributed by atoms with Crippen LogP contribution in [0.3, 0.4) is 0 Å². The fourth-order valence-electron chi connectivity index (χ4n) is 7.90. The molecule has 3 fully saturated rings. The number of aliphatic hydroxyl groups excluding tert-OH is 1. The van der Waals surface area contributed by atoms with Crippen LogP contribution in [0, 0.1) is 5.92 Å². The van der Waals surface area contributed by atoms with Crippen LogP contribution < -0.4 is 0 Å². The molecular formula is C36H43NO12. The van der Waals surface area contributed by atoms with Crippen LogP contribution in [0.4, 0.5) is 0 Å². The number of benzene rings is 1. The number of nitrogens with zero attached hydrogens (tertiary/aromatic N) is 1. The van der Waals surface area contributed by atoms with Crippen LogP contribution in [-0.2, 0) is 34.9 Å². The molecule has 0 amide bonds. The molecule has 3 aliphatic heterocycles. The van der Waals surface area contributed by atoms with Crippen LogP contribution in [0.15, 0.2) is 35.5 Å². The van der Waals surface area contributed by atoms with Gasteiger partial charge in [0.2, 0.25) is 0 Å². The zero-order chi connectivity index (χ0) is 35.2. The highest BCUT2D eigenvalue weighted by Gasteiger charge is 2.55. The molecule has 3 heterocycles. The molecule has 0 radical (unpaired) electrons. The zero-order valence-corrected chi connectivity index (χ0v) is 28.2. The minimum absolute atomic E-state index is 0.000148. The monoisotopic (exact) mass is 681 g/mol. The van der Waals surface area contributed by atoms with E-state index in [0.29, 0.717) is 13.2 Å². The molecule has 0 aromatic heterocycles. The lowest BCUT2D eigenvalue weighted by molar-refractivity contribution is -0.252. The highest BCUT2D eigenvalue weighted by molar-refractivity contribution is 6.33. The third-order valence-corrected chi connectivity index (χ3v) is 10.3. The Bertz CT molecular complexity index is 1690. The fourth-order valence-corrected chi connectivity index (χ4v) is 7.90. The van der Waals surface area contributed by atoms with E-state index < -0.39 is 90.2 Å². The van der Waals surface area contributed by atoms with E-state index in [4.69, 9.17) is 23.7 Å². The molecule has 9 atom stereocenters. The summed E-state index contributed by atoms with van der Waals surface area (Å²) in [4.78, 5) is 43.5. The van der Waals surface area contributed by atoms with Crippen molar-refractivity contribution >= 4 is 17.3 Å². The molecule has 264 valence electrons. The average molecular weight is 682 g/mol. The van der Waals surface area contributed by atoms with Crippen LogP contribution in [-0.4, -0.2) is 111 Å². The lowest BCUT2D eigenvalue weighted by Gasteiger charge is -2.43. The molecule has 3 saturated heterocycles. The average Bonchev–Trinajstić information content (AvgIpc) is 3.29. The lowest BCUT2D eigenvalue weighted by Crippen LogP contribution is -2.55. The van der Waals surface area contributed by atoms with Gasteiger partial charge in [0, 0.05) is 54.1 Å². The summed E-state index contributed by atoms with van der Waals surface area (Å²) in [7, 11) is 0. The number of morpholine rings is 1. The second-order valence-electron chi connectivity index (χ2n) is 14.8. The number of Topliss-reactive ketones (excluding diaryl/α,β-unsaturated/α-hetero) is 3. The largest absolute Gasteiger partial charge is 0.507 e. The molecule has 1 aromatic carbocycles. The first kappa shape index (κ1) is 34.2. The molecular weight excluding hydrogens is 638 g/mol. The maximum Gasteiger partial charge on any atom is 0.198 e. The van der Waals surface area contributed by atoms with Crippen molar-refractivity contribution in [3.63, 3.8) is 0 Å². The quantitative estimate of drug-likeness (QED) is 0.333. The number of aromatic hydroxyl groups is 2. The van der Waals surface area contributed by atoms with Crippen LogP contribution in [0.5, 0.6) is 11.5 Å². The fraction of sp³-hybridized carbons (Fsp3) is 0.583. The Hall–Kier alpha value is -3.27. The van der Waals surface area contributed by atoms with Crippen molar-refractivity contribution in [2.45, 2.75) is 108 Å². The molecule has 4 N–H and O–H groups in total. The molecule has 0 saturated carbocycles. The van der Waals surface area contributed by atoms with Crippen molar-refractivity contribution in [2.75, 3.05) is 19.8 Å². The van der Waals surface area contributed by atoms with Crippen molar-refractivity contribution in [1.29, 1.82) is 0 Å². The van der Waals surface area contributed by atoms with E-state index in [1.165, 1.54) is 6.08 Å². The summed E-state index contributed by atoms with van der Waals surface area (Å²) in [6.07, 6.45) is 1.17. The summed E-state index contributed by atoms with van der Waals surface area (Å²) < 4.78 is 29.9. The minimum Gasteiger partial charge on any atom is -0.507 e. The summed E-state index contributed by atoms with van der Waals surface area (Å²) in [5.41, 5.74) is -3.46. The van der Waals surface area contributed by atoms with Crippen molar-refractivity contribution in [3.8, 4) is 11.5 Å². The van der Waals surface area contributed by atoms with Gasteiger partial charge in [-0.05, 0) is 33.6 Å². The highest BCUT2D eigenvalue weighted by Crippen LogP contribution is 2.53. The Balaban J connectivity index is 1.30. The van der Waals surface area contributed by atoms with Gasteiger partial charge in [0.15, 0.2) is 36.2 Å². The molecule has 0 spiro atoms. The minimum atomic E-state index is -2.13. The van der Waals surface area contributed by atoms with E-state index >= 15 is 0 Å². The van der Waals surface area contributed by atoms with Crippen LogP contribution in [0.1, 0.15) is 85.4 Å². The number of carbonyl (C=O) groups is 3. The molecule has 1 aromatic rings. The number of rotatable bonds is 5. The number of hydrogen-bond acceptors (Lipinski definition) is 13. The molecule has 7 rings (SSSR count). The van der Waals surface area contributed by atoms with Gasteiger partial charge in [0.25, 0.3) is 0 Å². The zero-order valence-electron chi connectivity index (χ0n) is 28.2. The van der Waals surface area contributed by atoms with Gasteiger partial charge in [-0.2, -0.15) is 0 Å². The van der Waals surface area contributed by atoms with E-state index in [0.717, 1.165) is 0 Å². The number of ketones is 3. The Kier molecular flexibility index (Phi) is 8.51. The maximum absolute atomic E-state index is 14.0. The maximum atomic E-state index is 14.0. The van der Waals surface area contributed by atoms with E-state index in [1.54, 1.807) is 32.9 Å². The van der Waals surface area contributed by atoms with Gasteiger partial charge in [-0.15, -0.1) is 0 Å². The number of phenolic OH excluding ortho intramolecular Hbond substituents is 2. The Morgan fingerprint density at radius 3 is 2.53 bits per heavy atom.